The van der Waals surface area contributed by atoms with Crippen LogP contribution in [0.2, 0.25) is 0 Å². The van der Waals surface area contributed by atoms with Crippen molar-refractivity contribution < 1.29 is 4.79 Å². The highest BCUT2D eigenvalue weighted by Crippen LogP contribution is 2.45. The molecule has 2 aliphatic rings. The normalized spacial score (nSPS) is 22.0. The average molecular weight is 369 g/mol. The van der Waals surface area contributed by atoms with Crippen molar-refractivity contribution in [1.82, 2.24) is 14.5 Å². The van der Waals surface area contributed by atoms with Crippen LogP contribution in [0.4, 0.5) is 4.79 Å². The summed E-state index contributed by atoms with van der Waals surface area (Å²) in [6.45, 7) is 11.0. The zero-order valence-corrected chi connectivity index (χ0v) is 17.3. The number of aromatic nitrogens is 1. The topological polar surface area (TPSA) is 40.5 Å². The first-order chi connectivity index (χ1) is 13.0. The minimum atomic E-state index is -0.0246. The number of carbonyl (C=O) groups excluding carboxylic acids is 1. The van der Waals surface area contributed by atoms with Gasteiger partial charge in [-0.3, -0.25) is 4.68 Å². The second kappa shape index (κ2) is 6.86. The summed E-state index contributed by atoms with van der Waals surface area (Å²) >= 11 is 0. The predicted octanol–water partition coefficient (Wildman–Crippen LogP) is 4.00. The zero-order valence-electron chi connectivity index (χ0n) is 17.3. The van der Waals surface area contributed by atoms with E-state index in [4.69, 9.17) is 0 Å². The van der Waals surface area contributed by atoms with Crippen molar-refractivity contribution in [3.63, 3.8) is 0 Å². The molecule has 0 saturated carbocycles. The van der Waals surface area contributed by atoms with E-state index in [1.807, 2.05) is 23.4 Å². The number of hydrogen-bond acceptors (Lipinski definition) is 2. The number of amides is 2. The third kappa shape index (κ3) is 2.83. The molecule has 0 unspecified atom stereocenters. The molecule has 5 nitrogen and oxygen atoms in total. The molecule has 1 saturated heterocycles. The van der Waals surface area contributed by atoms with Gasteiger partial charge >= 0.3 is 6.03 Å². The molecule has 2 amide bonds. The van der Waals surface area contributed by atoms with Gasteiger partial charge in [0, 0.05) is 36.1 Å². The van der Waals surface area contributed by atoms with Crippen LogP contribution in [0.25, 0.3) is 10.9 Å². The first kappa shape index (κ1) is 18.4. The van der Waals surface area contributed by atoms with Gasteiger partial charge in [-0.05, 0) is 83.3 Å². The summed E-state index contributed by atoms with van der Waals surface area (Å²) in [5.74, 6) is 0.604. The van der Waals surface area contributed by atoms with Crippen molar-refractivity contribution in [3.05, 3.63) is 34.5 Å². The molecule has 5 heteroatoms. The fraction of sp³-hybridized carbons (Fsp3) is 0.591. The Morgan fingerprint density at radius 2 is 2.00 bits per heavy atom. The van der Waals surface area contributed by atoms with E-state index in [1.165, 1.54) is 47.2 Å². The molecule has 1 fully saturated rings. The Labute approximate surface area is 162 Å². The van der Waals surface area contributed by atoms with Crippen LogP contribution in [-0.2, 0) is 6.42 Å². The Morgan fingerprint density at radius 1 is 1.26 bits per heavy atom. The molecule has 2 atom stereocenters. The van der Waals surface area contributed by atoms with Gasteiger partial charge in [0.2, 0.25) is 0 Å². The molecule has 0 spiro atoms. The molecule has 0 radical (unpaired) electrons. The third-order valence-electron chi connectivity index (χ3n) is 6.73. The molecular formula is C22H32N4O. The quantitative estimate of drug-likeness (QED) is 0.890. The Hall–Kier alpha value is -2.01. The SMILES string of the molecule is CCN(CC)C(=O)Nn1c(C)c2c3c(cc(C)cc31)[C@H]1CCCN(C)[C@@H]1C2. The molecule has 1 aromatic heterocycles. The van der Waals surface area contributed by atoms with Crippen LogP contribution in [0.3, 0.4) is 0 Å². The number of urea groups is 1. The van der Waals surface area contributed by atoms with Crippen molar-refractivity contribution >= 4 is 16.9 Å². The lowest BCUT2D eigenvalue weighted by molar-refractivity contribution is 0.157. The molecule has 0 bridgehead atoms. The van der Waals surface area contributed by atoms with E-state index in [9.17, 15) is 4.79 Å². The molecule has 4 rings (SSSR count). The minimum Gasteiger partial charge on any atom is -0.324 e. The van der Waals surface area contributed by atoms with Crippen molar-refractivity contribution in [2.75, 3.05) is 32.1 Å². The molecule has 27 heavy (non-hydrogen) atoms. The summed E-state index contributed by atoms with van der Waals surface area (Å²) < 4.78 is 2.04. The van der Waals surface area contributed by atoms with Crippen molar-refractivity contribution in [1.29, 1.82) is 0 Å². The van der Waals surface area contributed by atoms with Gasteiger partial charge in [0.05, 0.1) is 5.52 Å². The molecule has 1 aliphatic heterocycles. The largest absolute Gasteiger partial charge is 0.336 e. The number of piperidine rings is 1. The van der Waals surface area contributed by atoms with Crippen LogP contribution in [0.15, 0.2) is 12.1 Å². The van der Waals surface area contributed by atoms with E-state index >= 15 is 0 Å². The summed E-state index contributed by atoms with van der Waals surface area (Å²) in [6.07, 6.45) is 3.61. The van der Waals surface area contributed by atoms with Gasteiger partial charge in [-0.15, -0.1) is 0 Å². The standard InChI is InChI=1S/C22H32N4O/c1-6-25(7-2)22(27)23-26-15(4)17-13-19-16(9-8-10-24(19)5)18-11-14(3)12-20(26)21(17)18/h11-12,16,19H,6-10,13H2,1-5H3,(H,23,27)/t16-,19-/m1/s1. The minimum absolute atomic E-state index is 0.0246. The lowest BCUT2D eigenvalue weighted by Crippen LogP contribution is -2.44. The van der Waals surface area contributed by atoms with Gasteiger partial charge in [0.15, 0.2) is 0 Å². The number of fused-ring (bicyclic) bond motifs is 2. The first-order valence-electron chi connectivity index (χ1n) is 10.4. The molecule has 2 heterocycles. The summed E-state index contributed by atoms with van der Waals surface area (Å²) in [5.41, 5.74) is 9.68. The average Bonchev–Trinajstić information content (AvgIpc) is 2.90. The number of nitrogens with zero attached hydrogens (tertiary/aromatic N) is 3. The molecule has 1 aromatic carbocycles. The van der Waals surface area contributed by atoms with E-state index in [0.717, 1.165) is 11.9 Å². The smallest absolute Gasteiger partial charge is 0.324 e. The molecule has 1 aliphatic carbocycles. The number of rotatable bonds is 3. The molecular weight excluding hydrogens is 336 g/mol. The third-order valence-corrected chi connectivity index (χ3v) is 6.73. The number of aryl methyl sites for hydroxylation is 1. The first-order valence-corrected chi connectivity index (χ1v) is 10.4. The summed E-state index contributed by atoms with van der Waals surface area (Å²) in [6, 6.07) is 5.16. The van der Waals surface area contributed by atoms with Crippen LogP contribution in [-0.4, -0.2) is 53.2 Å². The highest BCUT2D eigenvalue weighted by atomic mass is 16.2. The Balaban J connectivity index is 1.85. The van der Waals surface area contributed by atoms with E-state index in [-0.39, 0.29) is 6.03 Å². The highest BCUT2D eigenvalue weighted by molar-refractivity contribution is 5.93. The maximum atomic E-state index is 12.7. The zero-order chi connectivity index (χ0) is 19.3. The second-order valence-corrected chi connectivity index (χ2v) is 8.24. The second-order valence-electron chi connectivity index (χ2n) is 8.24. The number of likely N-dealkylation sites (N-methyl/N-ethyl adjacent to an activating group) is 1. The molecule has 2 aromatic rings. The maximum absolute atomic E-state index is 12.7. The van der Waals surface area contributed by atoms with Crippen LogP contribution >= 0.6 is 0 Å². The summed E-state index contributed by atoms with van der Waals surface area (Å²) in [5, 5.41) is 1.38. The van der Waals surface area contributed by atoms with Gasteiger partial charge in [-0.25, -0.2) is 10.2 Å². The van der Waals surface area contributed by atoms with Crippen LogP contribution in [0, 0.1) is 13.8 Å². The lowest BCUT2D eigenvalue weighted by Gasteiger charge is -2.42. The van der Waals surface area contributed by atoms with Crippen molar-refractivity contribution in [3.8, 4) is 0 Å². The van der Waals surface area contributed by atoms with Crippen molar-refractivity contribution in [2.45, 2.75) is 58.9 Å². The van der Waals surface area contributed by atoms with Gasteiger partial charge < -0.3 is 9.80 Å². The fourth-order valence-electron chi connectivity index (χ4n) is 5.26. The van der Waals surface area contributed by atoms with E-state index in [1.54, 1.807) is 0 Å². The van der Waals surface area contributed by atoms with Crippen LogP contribution in [0.1, 0.15) is 55.0 Å². The number of hydrogen-bond donors (Lipinski definition) is 1. The number of carbonyl (C=O) groups is 1. The van der Waals surface area contributed by atoms with Gasteiger partial charge in [-0.2, -0.15) is 0 Å². The predicted molar refractivity (Wildman–Crippen MR) is 111 cm³/mol. The van der Waals surface area contributed by atoms with E-state index < -0.39 is 0 Å². The Morgan fingerprint density at radius 3 is 2.70 bits per heavy atom. The number of benzene rings is 1. The highest BCUT2D eigenvalue weighted by Gasteiger charge is 2.37. The lowest BCUT2D eigenvalue weighted by atomic mass is 9.74. The van der Waals surface area contributed by atoms with Crippen LogP contribution in [0.5, 0.6) is 0 Å². The Bertz CT molecular complexity index is 880. The number of likely N-dealkylation sites (tertiary alicyclic amines) is 1. The molecule has 1 N–H and O–H groups in total. The monoisotopic (exact) mass is 368 g/mol. The van der Waals surface area contributed by atoms with Gasteiger partial charge in [0.25, 0.3) is 0 Å². The van der Waals surface area contributed by atoms with Gasteiger partial charge in [-0.1, -0.05) is 6.07 Å². The van der Waals surface area contributed by atoms with Gasteiger partial charge in [0.1, 0.15) is 0 Å². The van der Waals surface area contributed by atoms with E-state index in [0.29, 0.717) is 25.0 Å². The molecule has 146 valence electrons. The fourth-order valence-corrected chi connectivity index (χ4v) is 5.26. The Kier molecular flexibility index (Phi) is 4.66. The summed E-state index contributed by atoms with van der Waals surface area (Å²) in [4.78, 5) is 17.1. The summed E-state index contributed by atoms with van der Waals surface area (Å²) in [7, 11) is 2.27. The van der Waals surface area contributed by atoms with Crippen LogP contribution < -0.4 is 5.43 Å². The van der Waals surface area contributed by atoms with E-state index in [2.05, 4.69) is 43.4 Å². The maximum Gasteiger partial charge on any atom is 0.336 e. The van der Waals surface area contributed by atoms with Crippen molar-refractivity contribution in [2.24, 2.45) is 0 Å². The number of nitrogens with one attached hydrogen (secondary N) is 1.